The summed E-state index contributed by atoms with van der Waals surface area (Å²) >= 11 is 0. The van der Waals surface area contributed by atoms with E-state index >= 15 is 0 Å². The second-order valence-corrected chi connectivity index (χ2v) is 4.57. The van der Waals surface area contributed by atoms with Crippen molar-refractivity contribution < 1.29 is 9.53 Å². The quantitative estimate of drug-likeness (QED) is 0.721. The standard InChI is InChI=1S/C16H13N3O2/c17-11-5-3-6-12(9-11)21-16-13(15(18)20)8-10-4-1-2-7-14(10)19-16/h1-9H,17H2,(H2,18,20). The van der Waals surface area contributed by atoms with E-state index in [4.69, 9.17) is 16.2 Å². The van der Waals surface area contributed by atoms with Gasteiger partial charge in [-0.2, -0.15) is 0 Å². The molecule has 4 N–H and O–H groups in total. The molecule has 21 heavy (non-hydrogen) atoms. The SMILES string of the molecule is NC(=O)c1cc2ccccc2nc1Oc1cccc(N)c1. The van der Waals surface area contributed by atoms with Crippen LogP contribution < -0.4 is 16.2 Å². The van der Waals surface area contributed by atoms with Crippen LogP contribution in [0, 0.1) is 0 Å². The molecule has 5 nitrogen and oxygen atoms in total. The molecule has 1 amide bonds. The highest BCUT2D eigenvalue weighted by Crippen LogP contribution is 2.27. The minimum Gasteiger partial charge on any atom is -0.438 e. The summed E-state index contributed by atoms with van der Waals surface area (Å²) in [5.41, 5.74) is 12.6. The summed E-state index contributed by atoms with van der Waals surface area (Å²) in [6.45, 7) is 0. The van der Waals surface area contributed by atoms with Gasteiger partial charge < -0.3 is 16.2 Å². The van der Waals surface area contributed by atoms with Crippen LogP contribution in [0.15, 0.2) is 54.6 Å². The molecule has 0 unspecified atom stereocenters. The van der Waals surface area contributed by atoms with E-state index in [1.54, 1.807) is 30.3 Å². The summed E-state index contributed by atoms with van der Waals surface area (Å²) in [6, 6.07) is 16.0. The van der Waals surface area contributed by atoms with Gasteiger partial charge in [-0.1, -0.05) is 24.3 Å². The topological polar surface area (TPSA) is 91.2 Å². The molecular weight excluding hydrogens is 266 g/mol. The van der Waals surface area contributed by atoms with E-state index in [2.05, 4.69) is 4.98 Å². The van der Waals surface area contributed by atoms with Crippen LogP contribution in [0.1, 0.15) is 10.4 Å². The molecular formula is C16H13N3O2. The van der Waals surface area contributed by atoms with Gasteiger partial charge in [0.15, 0.2) is 0 Å². The zero-order valence-corrected chi connectivity index (χ0v) is 11.1. The van der Waals surface area contributed by atoms with Crippen LogP contribution in [0.4, 0.5) is 5.69 Å². The minimum absolute atomic E-state index is 0.173. The Bertz CT molecular complexity index is 831. The Labute approximate surface area is 121 Å². The highest BCUT2D eigenvalue weighted by Gasteiger charge is 2.14. The third kappa shape index (κ3) is 2.62. The van der Waals surface area contributed by atoms with Gasteiger partial charge in [0.05, 0.1) is 5.52 Å². The third-order valence-electron chi connectivity index (χ3n) is 3.03. The molecule has 3 aromatic rings. The number of fused-ring (bicyclic) bond motifs is 1. The maximum Gasteiger partial charge on any atom is 0.254 e. The molecule has 0 saturated heterocycles. The number of ether oxygens (including phenoxy) is 1. The number of anilines is 1. The van der Waals surface area contributed by atoms with E-state index in [1.807, 2.05) is 24.3 Å². The molecule has 104 valence electrons. The van der Waals surface area contributed by atoms with Crippen LogP contribution in [-0.4, -0.2) is 10.9 Å². The molecule has 0 aliphatic heterocycles. The average molecular weight is 279 g/mol. The fraction of sp³-hybridized carbons (Fsp3) is 0. The van der Waals surface area contributed by atoms with Crippen molar-refractivity contribution in [3.05, 3.63) is 60.2 Å². The molecule has 0 spiro atoms. The lowest BCUT2D eigenvalue weighted by Gasteiger charge is -2.10. The third-order valence-corrected chi connectivity index (χ3v) is 3.03. The van der Waals surface area contributed by atoms with Crippen LogP contribution in [0.2, 0.25) is 0 Å². The van der Waals surface area contributed by atoms with E-state index in [1.165, 1.54) is 0 Å². The van der Waals surface area contributed by atoms with Gasteiger partial charge in [0.1, 0.15) is 11.3 Å². The maximum absolute atomic E-state index is 11.6. The van der Waals surface area contributed by atoms with Gasteiger partial charge in [0.2, 0.25) is 5.88 Å². The van der Waals surface area contributed by atoms with Crippen molar-refractivity contribution >= 4 is 22.5 Å². The Morgan fingerprint density at radius 2 is 1.86 bits per heavy atom. The fourth-order valence-corrected chi connectivity index (χ4v) is 2.04. The summed E-state index contributed by atoms with van der Waals surface area (Å²) in [4.78, 5) is 16.0. The molecule has 0 saturated carbocycles. The van der Waals surface area contributed by atoms with Gasteiger partial charge in [-0.3, -0.25) is 4.79 Å². The predicted molar refractivity (Wildman–Crippen MR) is 81.2 cm³/mol. The Kier molecular flexibility index (Phi) is 3.16. The Hall–Kier alpha value is -3.08. The van der Waals surface area contributed by atoms with Crippen LogP contribution in [0.5, 0.6) is 11.6 Å². The van der Waals surface area contributed by atoms with Crippen molar-refractivity contribution in [3.63, 3.8) is 0 Å². The maximum atomic E-state index is 11.6. The van der Waals surface area contributed by atoms with Gasteiger partial charge >= 0.3 is 0 Å². The monoisotopic (exact) mass is 279 g/mol. The lowest BCUT2D eigenvalue weighted by Crippen LogP contribution is -2.13. The summed E-state index contributed by atoms with van der Waals surface area (Å²) in [5, 5.41) is 0.825. The number of pyridine rings is 1. The lowest BCUT2D eigenvalue weighted by molar-refractivity contribution is 0.0997. The number of aromatic nitrogens is 1. The Morgan fingerprint density at radius 3 is 2.62 bits per heavy atom. The second kappa shape index (κ2) is 5.13. The first kappa shape index (κ1) is 12.9. The van der Waals surface area contributed by atoms with E-state index in [0.717, 1.165) is 10.9 Å². The summed E-state index contributed by atoms with van der Waals surface area (Å²) in [5.74, 6) is 0.0826. The first-order valence-electron chi connectivity index (χ1n) is 6.36. The number of carbonyl (C=O) groups excluding carboxylic acids is 1. The number of nitrogens with zero attached hydrogens (tertiary/aromatic N) is 1. The normalized spacial score (nSPS) is 10.5. The fourth-order valence-electron chi connectivity index (χ4n) is 2.04. The van der Waals surface area contributed by atoms with Crippen LogP contribution in [0.25, 0.3) is 10.9 Å². The number of hydrogen-bond acceptors (Lipinski definition) is 4. The second-order valence-electron chi connectivity index (χ2n) is 4.57. The molecule has 2 aromatic carbocycles. The molecule has 0 bridgehead atoms. The molecule has 0 aliphatic rings. The number of benzene rings is 2. The molecule has 1 heterocycles. The van der Waals surface area contributed by atoms with E-state index in [0.29, 0.717) is 11.4 Å². The number of rotatable bonds is 3. The number of nitrogens with two attached hydrogens (primary N) is 2. The van der Waals surface area contributed by atoms with Crippen molar-refractivity contribution in [1.29, 1.82) is 0 Å². The minimum atomic E-state index is -0.591. The molecule has 0 fully saturated rings. The van der Waals surface area contributed by atoms with Crippen molar-refractivity contribution in [2.24, 2.45) is 5.73 Å². The van der Waals surface area contributed by atoms with Gasteiger partial charge in [-0.25, -0.2) is 4.98 Å². The van der Waals surface area contributed by atoms with Crippen molar-refractivity contribution in [1.82, 2.24) is 4.98 Å². The van der Waals surface area contributed by atoms with Crippen LogP contribution >= 0.6 is 0 Å². The first-order chi connectivity index (χ1) is 10.1. The Balaban J connectivity index is 2.11. The molecule has 5 heteroatoms. The molecule has 0 aliphatic carbocycles. The van der Waals surface area contributed by atoms with E-state index < -0.39 is 5.91 Å². The largest absolute Gasteiger partial charge is 0.438 e. The molecule has 3 rings (SSSR count). The van der Waals surface area contributed by atoms with Crippen molar-refractivity contribution in [2.45, 2.75) is 0 Å². The van der Waals surface area contributed by atoms with Gasteiger partial charge in [0.25, 0.3) is 5.91 Å². The summed E-state index contributed by atoms with van der Waals surface area (Å²) < 4.78 is 5.67. The number of para-hydroxylation sites is 1. The van der Waals surface area contributed by atoms with Crippen LogP contribution in [-0.2, 0) is 0 Å². The number of primary amides is 1. The zero-order valence-electron chi connectivity index (χ0n) is 11.1. The van der Waals surface area contributed by atoms with Gasteiger partial charge in [-0.05, 0) is 24.3 Å². The molecule has 0 atom stereocenters. The number of nitrogen functional groups attached to an aromatic ring is 1. The summed E-state index contributed by atoms with van der Waals surface area (Å²) in [7, 11) is 0. The van der Waals surface area contributed by atoms with E-state index in [-0.39, 0.29) is 11.4 Å². The number of amides is 1. The number of hydrogen-bond donors (Lipinski definition) is 2. The van der Waals surface area contributed by atoms with Gasteiger partial charge in [0, 0.05) is 17.1 Å². The summed E-state index contributed by atoms with van der Waals surface area (Å²) in [6.07, 6.45) is 0. The highest BCUT2D eigenvalue weighted by molar-refractivity contribution is 5.98. The Morgan fingerprint density at radius 1 is 1.05 bits per heavy atom. The first-order valence-corrected chi connectivity index (χ1v) is 6.36. The van der Waals surface area contributed by atoms with Crippen molar-refractivity contribution in [2.75, 3.05) is 5.73 Å². The van der Waals surface area contributed by atoms with Gasteiger partial charge in [-0.15, -0.1) is 0 Å². The molecule has 1 aromatic heterocycles. The predicted octanol–water partition coefficient (Wildman–Crippen LogP) is 2.71. The average Bonchev–Trinajstić information content (AvgIpc) is 2.46. The zero-order chi connectivity index (χ0) is 14.8. The smallest absolute Gasteiger partial charge is 0.254 e. The van der Waals surface area contributed by atoms with E-state index in [9.17, 15) is 4.79 Å². The highest BCUT2D eigenvalue weighted by atomic mass is 16.5. The lowest BCUT2D eigenvalue weighted by atomic mass is 10.1. The number of carbonyl (C=O) groups is 1. The van der Waals surface area contributed by atoms with Crippen molar-refractivity contribution in [3.8, 4) is 11.6 Å². The molecule has 0 radical (unpaired) electrons. The van der Waals surface area contributed by atoms with Crippen LogP contribution in [0.3, 0.4) is 0 Å².